The van der Waals surface area contributed by atoms with Crippen LogP contribution in [0.4, 0.5) is 0 Å². The van der Waals surface area contributed by atoms with Crippen molar-refractivity contribution in [1.82, 2.24) is 5.32 Å². The topological polar surface area (TPSA) is 59.6 Å². The first-order valence-electron chi connectivity index (χ1n) is 11.8. The van der Waals surface area contributed by atoms with Crippen LogP contribution in [0.2, 0.25) is 5.02 Å². The van der Waals surface area contributed by atoms with Crippen molar-refractivity contribution in [3.63, 3.8) is 0 Å². The van der Waals surface area contributed by atoms with Gasteiger partial charge >= 0.3 is 0 Å². The molecule has 0 aliphatic heterocycles. The summed E-state index contributed by atoms with van der Waals surface area (Å²) in [5.41, 5.74) is 2.59. The number of rotatable bonds is 8. The van der Waals surface area contributed by atoms with Gasteiger partial charge in [0.25, 0.3) is 0 Å². The summed E-state index contributed by atoms with van der Waals surface area (Å²) in [6.45, 7) is 6.36. The summed E-state index contributed by atoms with van der Waals surface area (Å²) in [7, 11) is 0. The molecule has 1 fully saturated rings. The maximum Gasteiger partial charge on any atom is 0.0991 e. The Hall–Kier alpha value is -2.33. The van der Waals surface area contributed by atoms with E-state index in [0.717, 1.165) is 17.0 Å². The molecule has 3 atom stereocenters. The van der Waals surface area contributed by atoms with Gasteiger partial charge in [0.1, 0.15) is 0 Å². The number of hydrogen-bond donors (Lipinski definition) is 1. The smallest absolute Gasteiger partial charge is 0.0991 e. The Morgan fingerprint density at radius 3 is 2.38 bits per heavy atom. The van der Waals surface area contributed by atoms with Crippen molar-refractivity contribution < 1.29 is 0 Å². The van der Waals surface area contributed by atoms with Gasteiger partial charge in [0.05, 0.1) is 23.1 Å². The van der Waals surface area contributed by atoms with Crippen LogP contribution in [0.5, 0.6) is 0 Å². The zero-order valence-corrected chi connectivity index (χ0v) is 20.2. The van der Waals surface area contributed by atoms with E-state index in [0.29, 0.717) is 11.5 Å². The summed E-state index contributed by atoms with van der Waals surface area (Å²) < 4.78 is 0. The Balaban J connectivity index is 1.91. The molecule has 0 bridgehead atoms. The van der Waals surface area contributed by atoms with Gasteiger partial charge in [-0.1, -0.05) is 55.1 Å². The van der Waals surface area contributed by atoms with Crippen LogP contribution in [-0.4, -0.2) is 12.1 Å². The molecule has 1 aliphatic rings. The lowest BCUT2D eigenvalue weighted by molar-refractivity contribution is 0.165. The molecule has 0 heterocycles. The van der Waals surface area contributed by atoms with E-state index in [1.165, 1.54) is 37.7 Å². The zero-order chi connectivity index (χ0) is 23.1. The van der Waals surface area contributed by atoms with Gasteiger partial charge < -0.3 is 5.32 Å². The van der Waals surface area contributed by atoms with Crippen LogP contribution in [-0.2, 0) is 6.42 Å². The molecule has 0 amide bonds. The molecule has 32 heavy (non-hydrogen) atoms. The van der Waals surface area contributed by atoms with Crippen molar-refractivity contribution in [3.8, 4) is 12.1 Å². The van der Waals surface area contributed by atoms with E-state index >= 15 is 0 Å². The summed E-state index contributed by atoms with van der Waals surface area (Å²) in [6.07, 6.45) is 6.99. The first-order valence-corrected chi connectivity index (χ1v) is 12.1. The van der Waals surface area contributed by atoms with Crippen molar-refractivity contribution in [1.29, 1.82) is 10.5 Å². The Morgan fingerprint density at radius 2 is 1.75 bits per heavy atom. The number of benzene rings is 2. The molecule has 1 saturated carbocycles. The third kappa shape index (κ3) is 6.13. The molecule has 3 rings (SSSR count). The highest BCUT2D eigenvalue weighted by Gasteiger charge is 2.38. The van der Waals surface area contributed by atoms with Crippen molar-refractivity contribution in [2.75, 3.05) is 0 Å². The molecule has 2 aromatic carbocycles. The third-order valence-corrected chi connectivity index (χ3v) is 7.30. The molecular weight excluding hydrogens is 414 g/mol. The number of nitrogens with zero attached hydrogens (tertiary/aromatic N) is 2. The highest BCUT2D eigenvalue weighted by molar-refractivity contribution is 6.30. The third-order valence-electron chi connectivity index (χ3n) is 7.05. The second kappa shape index (κ2) is 11.0. The fraction of sp³-hybridized carbons (Fsp3) is 0.500. The molecule has 1 aliphatic carbocycles. The van der Waals surface area contributed by atoms with Crippen LogP contribution in [0.3, 0.4) is 0 Å². The van der Waals surface area contributed by atoms with Gasteiger partial charge in [-0.3, -0.25) is 0 Å². The van der Waals surface area contributed by atoms with E-state index in [9.17, 15) is 10.5 Å². The molecule has 0 spiro atoms. The average molecular weight is 448 g/mol. The molecule has 1 N–H and O–H groups in total. The van der Waals surface area contributed by atoms with Gasteiger partial charge in [0.15, 0.2) is 0 Å². The molecule has 168 valence electrons. The standard InChI is InChI=1S/C28H34ClN3/c1-20(32-27(28(2,3)19-31)23-9-5-4-6-10-23)26(17-21-12-14-25(29)15-13-21)24-11-7-8-22(16-24)18-30/h7-8,11-16,20,23,26-27,32H,4-6,9-10,17H2,1-3H3/t20-,26+,27?/m0/s1. The second-order valence-electron chi connectivity index (χ2n) is 9.84. The summed E-state index contributed by atoms with van der Waals surface area (Å²) in [4.78, 5) is 0. The van der Waals surface area contributed by atoms with Gasteiger partial charge in [-0.25, -0.2) is 0 Å². The van der Waals surface area contributed by atoms with Crippen LogP contribution in [0.1, 0.15) is 75.5 Å². The Bertz CT molecular complexity index is 961. The monoisotopic (exact) mass is 447 g/mol. The van der Waals surface area contributed by atoms with Crippen molar-refractivity contribution >= 4 is 11.6 Å². The predicted molar refractivity (Wildman–Crippen MR) is 131 cm³/mol. The van der Waals surface area contributed by atoms with Gasteiger partial charge in [-0.05, 0) is 81.3 Å². The predicted octanol–water partition coefficient (Wildman–Crippen LogP) is 7.01. The van der Waals surface area contributed by atoms with E-state index in [2.05, 4.69) is 56.4 Å². The molecule has 3 nitrogen and oxygen atoms in total. The quantitative estimate of drug-likeness (QED) is 0.473. The SMILES string of the molecule is C[C@H](NC(C1CCCCC1)C(C)(C)C#N)[C@@H](Cc1ccc(Cl)cc1)c1cccc(C#N)c1. The highest BCUT2D eigenvalue weighted by atomic mass is 35.5. The van der Waals surface area contributed by atoms with Crippen LogP contribution < -0.4 is 5.32 Å². The highest BCUT2D eigenvalue weighted by Crippen LogP contribution is 2.36. The van der Waals surface area contributed by atoms with Crippen LogP contribution >= 0.6 is 11.6 Å². The first-order chi connectivity index (χ1) is 15.3. The molecule has 4 heteroatoms. The molecule has 0 radical (unpaired) electrons. The number of nitriles is 2. The summed E-state index contributed by atoms with van der Waals surface area (Å²) in [5, 5.41) is 24.0. The summed E-state index contributed by atoms with van der Waals surface area (Å²) >= 11 is 6.11. The van der Waals surface area contributed by atoms with E-state index in [1.807, 2.05) is 30.3 Å². The van der Waals surface area contributed by atoms with E-state index in [-0.39, 0.29) is 18.0 Å². The zero-order valence-electron chi connectivity index (χ0n) is 19.4. The van der Waals surface area contributed by atoms with Gasteiger partial charge in [-0.2, -0.15) is 10.5 Å². The van der Waals surface area contributed by atoms with Gasteiger partial charge in [0.2, 0.25) is 0 Å². The first kappa shape index (κ1) is 24.3. The number of halogens is 1. The lowest BCUT2D eigenvalue weighted by atomic mass is 9.72. The number of nitrogens with one attached hydrogen (secondary N) is 1. The van der Waals surface area contributed by atoms with Crippen LogP contribution in [0, 0.1) is 34.0 Å². The van der Waals surface area contributed by atoms with Crippen molar-refractivity contribution in [2.24, 2.45) is 11.3 Å². The van der Waals surface area contributed by atoms with Crippen molar-refractivity contribution in [3.05, 3.63) is 70.2 Å². The molecular formula is C28H34ClN3. The van der Waals surface area contributed by atoms with E-state index in [4.69, 9.17) is 11.6 Å². The fourth-order valence-corrected chi connectivity index (χ4v) is 5.29. The minimum Gasteiger partial charge on any atom is -0.309 e. The fourth-order valence-electron chi connectivity index (χ4n) is 5.17. The van der Waals surface area contributed by atoms with Crippen molar-refractivity contribution in [2.45, 2.75) is 77.3 Å². The molecule has 0 saturated heterocycles. The molecule has 1 unspecified atom stereocenters. The van der Waals surface area contributed by atoms with Gasteiger partial charge in [0, 0.05) is 23.0 Å². The van der Waals surface area contributed by atoms with Crippen LogP contribution in [0.25, 0.3) is 0 Å². The normalized spacial score (nSPS) is 17.7. The van der Waals surface area contributed by atoms with Gasteiger partial charge in [-0.15, -0.1) is 0 Å². The number of hydrogen-bond acceptors (Lipinski definition) is 3. The molecule has 2 aromatic rings. The summed E-state index contributed by atoms with van der Waals surface area (Å²) in [6, 6.07) is 21.1. The van der Waals surface area contributed by atoms with E-state index < -0.39 is 5.41 Å². The Labute approximate surface area is 198 Å². The second-order valence-corrected chi connectivity index (χ2v) is 10.3. The maximum atomic E-state index is 9.95. The average Bonchev–Trinajstić information content (AvgIpc) is 2.82. The van der Waals surface area contributed by atoms with E-state index in [1.54, 1.807) is 0 Å². The minimum absolute atomic E-state index is 0.134. The summed E-state index contributed by atoms with van der Waals surface area (Å²) in [5.74, 6) is 0.688. The Kier molecular flexibility index (Phi) is 8.36. The maximum absolute atomic E-state index is 9.95. The minimum atomic E-state index is -0.449. The Morgan fingerprint density at radius 1 is 1.06 bits per heavy atom. The lowest BCUT2D eigenvalue weighted by Gasteiger charge is -2.41. The lowest BCUT2D eigenvalue weighted by Crippen LogP contribution is -2.52. The largest absolute Gasteiger partial charge is 0.309 e. The molecule has 0 aromatic heterocycles. The van der Waals surface area contributed by atoms with Crippen LogP contribution in [0.15, 0.2) is 48.5 Å².